The molecule has 0 aliphatic heterocycles. The van der Waals surface area contributed by atoms with Crippen LogP contribution in [0.5, 0.6) is 0 Å². The van der Waals surface area contributed by atoms with E-state index in [2.05, 4.69) is 54.9 Å². The third-order valence-electron chi connectivity index (χ3n) is 2.47. The number of fused-ring (bicyclic) bond motifs is 1. The second-order valence-corrected chi connectivity index (χ2v) is 3.37. The Bertz CT molecular complexity index is 432. The highest BCUT2D eigenvalue weighted by Crippen LogP contribution is 2.08. The van der Waals surface area contributed by atoms with E-state index in [4.69, 9.17) is 0 Å². The number of rotatable bonds is 1. The van der Waals surface area contributed by atoms with E-state index in [0.29, 0.717) is 0 Å². The van der Waals surface area contributed by atoms with E-state index in [-0.39, 0.29) is 0 Å². The molecule has 0 aliphatic rings. The van der Waals surface area contributed by atoms with E-state index in [1.54, 1.807) is 0 Å². The van der Waals surface area contributed by atoms with Crippen LogP contribution >= 0.6 is 0 Å². The van der Waals surface area contributed by atoms with Crippen LogP contribution in [0.25, 0.3) is 5.52 Å². The van der Waals surface area contributed by atoms with Gasteiger partial charge < -0.3 is 0 Å². The summed E-state index contributed by atoms with van der Waals surface area (Å²) in [5, 5.41) is 0. The van der Waals surface area contributed by atoms with Crippen LogP contribution in [-0.2, 0) is 6.42 Å². The van der Waals surface area contributed by atoms with Crippen molar-refractivity contribution in [3.63, 3.8) is 0 Å². The highest BCUT2D eigenvalue weighted by molar-refractivity contribution is 5.42. The normalized spacial score (nSPS) is 10.6. The van der Waals surface area contributed by atoms with Crippen molar-refractivity contribution in [1.29, 1.82) is 0 Å². The van der Waals surface area contributed by atoms with E-state index < -0.39 is 0 Å². The third-order valence-corrected chi connectivity index (χ3v) is 2.47. The molecule has 13 heavy (non-hydrogen) atoms. The summed E-state index contributed by atoms with van der Waals surface area (Å²) >= 11 is 0. The first kappa shape index (κ1) is 8.24. The molecule has 0 amide bonds. The topological polar surface area (TPSA) is 4.10 Å². The molecule has 1 heteroatoms. The van der Waals surface area contributed by atoms with Gasteiger partial charge in [0.2, 0.25) is 5.52 Å². The molecule has 0 fully saturated rings. The first-order valence-electron chi connectivity index (χ1n) is 4.71. The first-order valence-corrected chi connectivity index (χ1v) is 4.71. The Morgan fingerprint density at radius 3 is 2.92 bits per heavy atom. The lowest BCUT2D eigenvalue weighted by Gasteiger charge is -1.99. The number of aromatic nitrogens is 1. The Labute approximate surface area is 78.7 Å². The number of aryl methyl sites for hydroxylation is 2. The summed E-state index contributed by atoms with van der Waals surface area (Å²) in [6.45, 7) is 4.36. The summed E-state index contributed by atoms with van der Waals surface area (Å²) in [5.41, 5.74) is 4.06. The van der Waals surface area contributed by atoms with Gasteiger partial charge in [0.1, 0.15) is 0 Å². The Balaban J connectivity index is 2.74. The van der Waals surface area contributed by atoms with Gasteiger partial charge in [-0.05, 0) is 25.0 Å². The average molecular weight is 172 g/mol. The summed E-state index contributed by atoms with van der Waals surface area (Å²) in [5.74, 6) is 0. The van der Waals surface area contributed by atoms with E-state index in [1.165, 1.54) is 16.6 Å². The van der Waals surface area contributed by atoms with Gasteiger partial charge in [0.25, 0.3) is 0 Å². The molecule has 2 aromatic rings. The zero-order valence-electron chi connectivity index (χ0n) is 8.12. The van der Waals surface area contributed by atoms with Crippen molar-refractivity contribution >= 4 is 5.52 Å². The fourth-order valence-corrected chi connectivity index (χ4v) is 1.66. The summed E-state index contributed by atoms with van der Waals surface area (Å²) in [4.78, 5) is 0. The second kappa shape index (κ2) is 3.17. The molecule has 0 aromatic carbocycles. The van der Waals surface area contributed by atoms with Gasteiger partial charge in [-0.2, -0.15) is 4.40 Å². The Hall–Kier alpha value is -1.37. The summed E-state index contributed by atoms with van der Waals surface area (Å²) in [6, 6.07) is 8.49. The Morgan fingerprint density at radius 2 is 2.15 bits per heavy atom. The maximum Gasteiger partial charge on any atom is 0.210 e. The molecule has 0 saturated carbocycles. The molecule has 66 valence electrons. The average Bonchev–Trinajstić information content (AvgIpc) is 2.17. The zero-order chi connectivity index (χ0) is 9.26. The van der Waals surface area contributed by atoms with Gasteiger partial charge in [-0.25, -0.2) is 0 Å². The van der Waals surface area contributed by atoms with Gasteiger partial charge >= 0.3 is 0 Å². The van der Waals surface area contributed by atoms with Crippen molar-refractivity contribution in [3.05, 3.63) is 47.8 Å². The largest absolute Gasteiger partial charge is 0.210 e. The summed E-state index contributed by atoms with van der Waals surface area (Å²) in [7, 11) is 0. The first-order chi connectivity index (χ1) is 6.31. The monoisotopic (exact) mass is 172 g/mol. The van der Waals surface area contributed by atoms with Gasteiger partial charge in [0.15, 0.2) is 12.4 Å². The predicted octanol–water partition coefficient (Wildman–Crippen LogP) is 2.30. The number of pyridine rings is 2. The van der Waals surface area contributed by atoms with Crippen LogP contribution in [0.15, 0.2) is 36.7 Å². The molecule has 0 saturated heterocycles. The lowest BCUT2D eigenvalue weighted by molar-refractivity contribution is -0.512. The standard InChI is InChI=1S/C12H14N/c1-3-11-9-13-7-5-4-6-12(13)8-10(11)2/h4-9H,3H2,1-2H3/q+1. The lowest BCUT2D eigenvalue weighted by Crippen LogP contribution is -2.21. The van der Waals surface area contributed by atoms with Crippen LogP contribution in [0, 0.1) is 6.92 Å². The second-order valence-electron chi connectivity index (χ2n) is 3.37. The SMILES string of the molecule is CCc1c[n+]2ccccc2cc1C. The molecule has 2 aromatic heterocycles. The van der Waals surface area contributed by atoms with Crippen molar-refractivity contribution in [2.24, 2.45) is 0 Å². The van der Waals surface area contributed by atoms with Gasteiger partial charge in [0, 0.05) is 23.8 Å². The van der Waals surface area contributed by atoms with E-state index in [0.717, 1.165) is 6.42 Å². The quantitative estimate of drug-likeness (QED) is 0.581. The molecule has 0 atom stereocenters. The van der Waals surface area contributed by atoms with E-state index in [9.17, 15) is 0 Å². The molecule has 0 N–H and O–H groups in total. The molecule has 2 heterocycles. The predicted molar refractivity (Wildman–Crippen MR) is 53.7 cm³/mol. The van der Waals surface area contributed by atoms with Crippen molar-refractivity contribution in [2.75, 3.05) is 0 Å². The Kier molecular flexibility index (Phi) is 2.01. The molecule has 1 nitrogen and oxygen atoms in total. The van der Waals surface area contributed by atoms with Crippen molar-refractivity contribution in [2.45, 2.75) is 20.3 Å². The van der Waals surface area contributed by atoms with Crippen molar-refractivity contribution < 1.29 is 4.40 Å². The van der Waals surface area contributed by atoms with Gasteiger partial charge in [0.05, 0.1) is 0 Å². The minimum absolute atomic E-state index is 1.10. The maximum absolute atomic E-state index is 2.23. The van der Waals surface area contributed by atoms with Gasteiger partial charge in [-0.3, -0.25) is 0 Å². The molecule has 0 aliphatic carbocycles. The van der Waals surface area contributed by atoms with Gasteiger partial charge in [-0.1, -0.05) is 6.92 Å². The summed E-state index contributed by atoms with van der Waals surface area (Å²) < 4.78 is 2.17. The van der Waals surface area contributed by atoms with Crippen molar-refractivity contribution in [3.8, 4) is 0 Å². The van der Waals surface area contributed by atoms with Crippen LogP contribution in [-0.4, -0.2) is 0 Å². The number of hydrogen-bond acceptors (Lipinski definition) is 0. The zero-order valence-corrected chi connectivity index (χ0v) is 8.12. The maximum atomic E-state index is 2.23. The fourth-order valence-electron chi connectivity index (χ4n) is 1.66. The Morgan fingerprint density at radius 1 is 1.31 bits per heavy atom. The van der Waals surface area contributed by atoms with Crippen molar-refractivity contribution in [1.82, 2.24) is 0 Å². The lowest BCUT2D eigenvalue weighted by atomic mass is 10.1. The summed E-state index contributed by atoms with van der Waals surface area (Å²) in [6.07, 6.45) is 5.41. The smallest absolute Gasteiger partial charge is 0.167 e. The molecule has 0 spiro atoms. The molecule has 0 bridgehead atoms. The van der Waals surface area contributed by atoms with Crippen LogP contribution in [0.4, 0.5) is 0 Å². The fraction of sp³-hybridized carbons (Fsp3) is 0.250. The number of nitrogens with zero attached hydrogens (tertiary/aromatic N) is 1. The number of hydrogen-bond donors (Lipinski definition) is 0. The minimum atomic E-state index is 1.10. The highest BCUT2D eigenvalue weighted by Gasteiger charge is 2.04. The minimum Gasteiger partial charge on any atom is -0.167 e. The highest BCUT2D eigenvalue weighted by atomic mass is 14.8. The van der Waals surface area contributed by atoms with Crippen LogP contribution < -0.4 is 4.40 Å². The molecule has 0 radical (unpaired) electrons. The third kappa shape index (κ3) is 1.42. The van der Waals surface area contributed by atoms with E-state index >= 15 is 0 Å². The van der Waals surface area contributed by atoms with E-state index in [1.807, 2.05) is 0 Å². The van der Waals surface area contributed by atoms with Crippen LogP contribution in [0.2, 0.25) is 0 Å². The van der Waals surface area contributed by atoms with Crippen LogP contribution in [0.3, 0.4) is 0 Å². The molecule has 2 rings (SSSR count). The molecule has 0 unspecified atom stereocenters. The van der Waals surface area contributed by atoms with Gasteiger partial charge in [-0.15, -0.1) is 0 Å². The molecular weight excluding hydrogens is 158 g/mol. The van der Waals surface area contributed by atoms with Crippen LogP contribution in [0.1, 0.15) is 18.1 Å². The molecular formula is C12H14N+.